The Morgan fingerprint density at radius 2 is 1.70 bits per heavy atom. The summed E-state index contributed by atoms with van der Waals surface area (Å²) in [6.45, 7) is 7.62. The van der Waals surface area contributed by atoms with Crippen molar-refractivity contribution < 1.29 is 9.59 Å². The second-order valence-corrected chi connectivity index (χ2v) is 7.05. The third kappa shape index (κ3) is 4.59. The maximum atomic E-state index is 12.5. The zero-order chi connectivity index (χ0) is 16.9. The van der Waals surface area contributed by atoms with Crippen molar-refractivity contribution >= 4 is 11.9 Å². The summed E-state index contributed by atoms with van der Waals surface area (Å²) in [5, 5.41) is 3.01. The molecule has 0 aromatic heterocycles. The molecule has 0 aliphatic carbocycles. The Bertz CT molecular complexity index is 417. The van der Waals surface area contributed by atoms with Crippen LogP contribution in [0.5, 0.6) is 0 Å². The van der Waals surface area contributed by atoms with E-state index in [9.17, 15) is 9.59 Å². The van der Waals surface area contributed by atoms with Gasteiger partial charge in [-0.2, -0.15) is 0 Å². The van der Waals surface area contributed by atoms with Gasteiger partial charge in [0.05, 0.1) is 5.92 Å². The third-order valence-corrected chi connectivity index (χ3v) is 5.46. The van der Waals surface area contributed by atoms with Crippen LogP contribution in [-0.4, -0.2) is 60.0 Å². The predicted molar refractivity (Wildman–Crippen MR) is 91.0 cm³/mol. The Balaban J connectivity index is 1.85. The molecule has 23 heavy (non-hydrogen) atoms. The second-order valence-electron chi connectivity index (χ2n) is 7.05. The molecule has 0 aromatic rings. The van der Waals surface area contributed by atoms with Crippen LogP contribution in [0.15, 0.2) is 0 Å². The normalized spacial score (nSPS) is 22.3. The molecule has 1 atom stereocenters. The van der Waals surface area contributed by atoms with E-state index in [1.54, 1.807) is 0 Å². The van der Waals surface area contributed by atoms with Crippen molar-refractivity contribution in [2.24, 2.45) is 11.7 Å². The van der Waals surface area contributed by atoms with Gasteiger partial charge in [0, 0.05) is 38.3 Å². The van der Waals surface area contributed by atoms with Gasteiger partial charge in [-0.05, 0) is 38.5 Å². The van der Waals surface area contributed by atoms with E-state index in [2.05, 4.69) is 5.32 Å². The first kappa shape index (κ1) is 18.0. The van der Waals surface area contributed by atoms with Gasteiger partial charge in [0.25, 0.3) is 0 Å². The Hall–Kier alpha value is -1.30. The fourth-order valence-corrected chi connectivity index (χ4v) is 3.38. The SMILES string of the molecule is CCC(N)(CC)CNC(=O)C1CCCN(C(=O)N2CCCC2)C1. The number of urea groups is 1. The molecule has 3 amide bonds. The lowest BCUT2D eigenvalue weighted by Gasteiger charge is -2.35. The lowest BCUT2D eigenvalue weighted by atomic mass is 9.93. The van der Waals surface area contributed by atoms with E-state index in [1.807, 2.05) is 23.6 Å². The van der Waals surface area contributed by atoms with Gasteiger partial charge in [-0.1, -0.05) is 13.8 Å². The minimum Gasteiger partial charge on any atom is -0.354 e. The molecule has 6 nitrogen and oxygen atoms in total. The van der Waals surface area contributed by atoms with Crippen LogP contribution in [0.4, 0.5) is 4.79 Å². The molecule has 0 saturated carbocycles. The smallest absolute Gasteiger partial charge is 0.320 e. The van der Waals surface area contributed by atoms with E-state index in [0.717, 1.165) is 58.2 Å². The van der Waals surface area contributed by atoms with Crippen molar-refractivity contribution in [2.75, 3.05) is 32.7 Å². The molecule has 132 valence electrons. The summed E-state index contributed by atoms with van der Waals surface area (Å²) in [6, 6.07) is 0.107. The minimum absolute atomic E-state index is 0.0423. The second kappa shape index (κ2) is 7.99. The summed E-state index contributed by atoms with van der Waals surface area (Å²) in [5.41, 5.74) is 5.92. The summed E-state index contributed by atoms with van der Waals surface area (Å²) >= 11 is 0. The molecule has 2 saturated heterocycles. The van der Waals surface area contributed by atoms with E-state index in [1.165, 1.54) is 0 Å². The summed E-state index contributed by atoms with van der Waals surface area (Å²) < 4.78 is 0. The lowest BCUT2D eigenvalue weighted by molar-refractivity contribution is -0.126. The van der Waals surface area contributed by atoms with Gasteiger partial charge in [0.2, 0.25) is 5.91 Å². The van der Waals surface area contributed by atoms with Crippen LogP contribution < -0.4 is 11.1 Å². The molecule has 2 heterocycles. The van der Waals surface area contributed by atoms with E-state index in [0.29, 0.717) is 13.1 Å². The van der Waals surface area contributed by atoms with Crippen molar-refractivity contribution in [3.05, 3.63) is 0 Å². The molecule has 6 heteroatoms. The van der Waals surface area contributed by atoms with Crippen molar-refractivity contribution in [3.63, 3.8) is 0 Å². The predicted octanol–water partition coefficient (Wildman–Crippen LogP) is 1.55. The van der Waals surface area contributed by atoms with Crippen LogP contribution in [0.2, 0.25) is 0 Å². The van der Waals surface area contributed by atoms with E-state index in [-0.39, 0.29) is 23.4 Å². The van der Waals surface area contributed by atoms with Crippen LogP contribution in [0.25, 0.3) is 0 Å². The number of carbonyl (C=O) groups is 2. The van der Waals surface area contributed by atoms with E-state index < -0.39 is 0 Å². The number of nitrogens with two attached hydrogens (primary N) is 1. The number of amides is 3. The molecule has 3 N–H and O–H groups in total. The van der Waals surface area contributed by atoms with Gasteiger partial charge in [-0.15, -0.1) is 0 Å². The Kier molecular flexibility index (Phi) is 6.27. The molecule has 0 aromatic carbocycles. The molecule has 0 spiro atoms. The highest BCUT2D eigenvalue weighted by Crippen LogP contribution is 2.20. The molecule has 0 bridgehead atoms. The number of carbonyl (C=O) groups excluding carboxylic acids is 2. The number of likely N-dealkylation sites (tertiary alicyclic amines) is 2. The fraction of sp³-hybridized carbons (Fsp3) is 0.882. The van der Waals surface area contributed by atoms with Gasteiger partial charge >= 0.3 is 6.03 Å². The largest absolute Gasteiger partial charge is 0.354 e. The Labute approximate surface area is 139 Å². The summed E-state index contributed by atoms with van der Waals surface area (Å²) in [4.78, 5) is 28.7. The first-order valence-electron chi connectivity index (χ1n) is 9.09. The molecule has 2 aliphatic rings. The van der Waals surface area contributed by atoms with Gasteiger partial charge in [-0.25, -0.2) is 4.79 Å². The number of piperidine rings is 1. The Morgan fingerprint density at radius 1 is 1.09 bits per heavy atom. The fourth-order valence-electron chi connectivity index (χ4n) is 3.38. The Morgan fingerprint density at radius 3 is 2.30 bits per heavy atom. The quantitative estimate of drug-likeness (QED) is 0.805. The summed E-state index contributed by atoms with van der Waals surface area (Å²) in [6.07, 6.45) is 5.62. The first-order valence-corrected chi connectivity index (χ1v) is 9.09. The highest BCUT2D eigenvalue weighted by atomic mass is 16.2. The molecular weight excluding hydrogens is 292 g/mol. The standard InChI is InChI=1S/C17H32N4O2/c1-3-17(18,4-2)13-19-15(22)14-8-7-11-21(12-14)16(23)20-9-5-6-10-20/h14H,3-13,18H2,1-2H3,(H,19,22). The average Bonchev–Trinajstić information content (AvgIpc) is 3.13. The molecule has 2 rings (SSSR count). The molecule has 1 unspecified atom stereocenters. The molecular formula is C17H32N4O2. The number of hydrogen-bond donors (Lipinski definition) is 2. The van der Waals surface area contributed by atoms with E-state index >= 15 is 0 Å². The van der Waals surface area contributed by atoms with Crippen LogP contribution in [-0.2, 0) is 4.79 Å². The van der Waals surface area contributed by atoms with Crippen molar-refractivity contribution in [2.45, 2.75) is 57.9 Å². The van der Waals surface area contributed by atoms with E-state index in [4.69, 9.17) is 5.73 Å². The average molecular weight is 324 g/mol. The molecule has 0 radical (unpaired) electrons. The molecule has 2 aliphatic heterocycles. The van der Waals surface area contributed by atoms with Gasteiger partial charge in [0.1, 0.15) is 0 Å². The van der Waals surface area contributed by atoms with Crippen LogP contribution in [0.1, 0.15) is 52.4 Å². The summed E-state index contributed by atoms with van der Waals surface area (Å²) in [7, 11) is 0. The third-order valence-electron chi connectivity index (χ3n) is 5.46. The number of nitrogens with zero attached hydrogens (tertiary/aromatic N) is 2. The molecule has 2 fully saturated rings. The zero-order valence-corrected chi connectivity index (χ0v) is 14.6. The monoisotopic (exact) mass is 324 g/mol. The van der Waals surface area contributed by atoms with Crippen molar-refractivity contribution in [3.8, 4) is 0 Å². The highest BCUT2D eigenvalue weighted by Gasteiger charge is 2.32. The van der Waals surface area contributed by atoms with Crippen molar-refractivity contribution in [1.82, 2.24) is 15.1 Å². The number of hydrogen-bond acceptors (Lipinski definition) is 3. The minimum atomic E-state index is -0.324. The van der Waals surface area contributed by atoms with Gasteiger partial charge < -0.3 is 20.9 Å². The topological polar surface area (TPSA) is 78.7 Å². The maximum absolute atomic E-state index is 12.5. The van der Waals surface area contributed by atoms with Crippen LogP contribution in [0.3, 0.4) is 0 Å². The number of rotatable bonds is 5. The van der Waals surface area contributed by atoms with Crippen LogP contribution >= 0.6 is 0 Å². The zero-order valence-electron chi connectivity index (χ0n) is 14.6. The van der Waals surface area contributed by atoms with Gasteiger partial charge in [-0.3, -0.25) is 4.79 Å². The highest BCUT2D eigenvalue weighted by molar-refractivity contribution is 5.81. The summed E-state index contributed by atoms with van der Waals surface area (Å²) in [5.74, 6) is -0.0612. The van der Waals surface area contributed by atoms with Crippen LogP contribution in [0, 0.1) is 5.92 Å². The lowest BCUT2D eigenvalue weighted by Crippen LogP contribution is -2.53. The maximum Gasteiger partial charge on any atom is 0.320 e. The first-order chi connectivity index (χ1) is 11.0. The number of nitrogens with one attached hydrogen (secondary N) is 1. The van der Waals surface area contributed by atoms with Crippen molar-refractivity contribution in [1.29, 1.82) is 0 Å². The van der Waals surface area contributed by atoms with Gasteiger partial charge in [0.15, 0.2) is 0 Å².